The van der Waals surface area contributed by atoms with Crippen LogP contribution in [0.3, 0.4) is 0 Å². The van der Waals surface area contributed by atoms with E-state index < -0.39 is 0 Å². The number of hydrogen-bond donors (Lipinski definition) is 1. The van der Waals surface area contributed by atoms with Crippen molar-refractivity contribution < 1.29 is 14.3 Å². The molecular weight excluding hydrogens is 326 g/mol. The molecule has 24 heavy (non-hydrogen) atoms. The van der Waals surface area contributed by atoms with E-state index in [1.54, 1.807) is 18.2 Å². The summed E-state index contributed by atoms with van der Waals surface area (Å²) in [6.45, 7) is 0.835. The molecule has 0 radical (unpaired) electrons. The van der Waals surface area contributed by atoms with Crippen LogP contribution >= 0.6 is 11.6 Å². The first-order chi connectivity index (χ1) is 11.7. The Morgan fingerprint density at radius 1 is 1.08 bits per heavy atom. The summed E-state index contributed by atoms with van der Waals surface area (Å²) in [6, 6.07) is 13.2. The molecule has 0 bridgehead atoms. The molecule has 0 saturated heterocycles. The highest BCUT2D eigenvalue weighted by Gasteiger charge is 2.38. The van der Waals surface area contributed by atoms with Gasteiger partial charge in [-0.05, 0) is 48.7 Å². The molecule has 0 unspecified atom stereocenters. The Bertz CT molecular complexity index is 769. The van der Waals surface area contributed by atoms with Crippen LogP contribution in [-0.4, -0.2) is 19.2 Å². The molecule has 1 fully saturated rings. The first-order valence-electron chi connectivity index (χ1n) is 8.10. The van der Waals surface area contributed by atoms with Gasteiger partial charge in [-0.1, -0.05) is 30.2 Å². The number of halogens is 1. The van der Waals surface area contributed by atoms with Crippen LogP contribution in [0.2, 0.25) is 5.02 Å². The lowest BCUT2D eigenvalue weighted by molar-refractivity contribution is 0.0927. The molecule has 2 aromatic carbocycles. The van der Waals surface area contributed by atoms with E-state index in [1.165, 1.54) is 12.0 Å². The van der Waals surface area contributed by atoms with Gasteiger partial charge in [0.25, 0.3) is 5.91 Å². The van der Waals surface area contributed by atoms with Crippen molar-refractivity contribution in [2.75, 3.05) is 13.3 Å². The Morgan fingerprint density at radius 2 is 1.83 bits per heavy atom. The Hall–Kier alpha value is -2.20. The summed E-state index contributed by atoms with van der Waals surface area (Å²) in [5, 5.41) is 3.81. The van der Waals surface area contributed by atoms with E-state index >= 15 is 0 Å². The summed E-state index contributed by atoms with van der Waals surface area (Å²) in [5.41, 5.74) is 1.85. The second kappa shape index (κ2) is 6.02. The molecule has 5 heteroatoms. The third kappa shape index (κ3) is 2.71. The van der Waals surface area contributed by atoms with Crippen molar-refractivity contribution in [2.24, 2.45) is 0 Å². The molecule has 2 aliphatic rings. The van der Waals surface area contributed by atoms with Gasteiger partial charge in [-0.2, -0.15) is 0 Å². The highest BCUT2D eigenvalue weighted by atomic mass is 35.5. The SMILES string of the molecule is O=C(NCC1(c2ccc(Cl)cc2)CCC1)c1ccc2c(c1)OCO2. The Kier molecular flexibility index (Phi) is 3.85. The van der Waals surface area contributed by atoms with Crippen LogP contribution in [0.4, 0.5) is 0 Å². The zero-order chi connectivity index (χ0) is 16.6. The van der Waals surface area contributed by atoms with Crippen molar-refractivity contribution in [3.63, 3.8) is 0 Å². The van der Waals surface area contributed by atoms with Crippen LogP contribution in [0.1, 0.15) is 35.2 Å². The van der Waals surface area contributed by atoms with E-state index in [9.17, 15) is 4.79 Å². The molecule has 124 valence electrons. The monoisotopic (exact) mass is 343 g/mol. The van der Waals surface area contributed by atoms with Crippen LogP contribution in [0.15, 0.2) is 42.5 Å². The third-order valence-corrected chi connectivity index (χ3v) is 5.24. The predicted octanol–water partition coefficient (Wildman–Crippen LogP) is 3.92. The zero-order valence-corrected chi connectivity index (χ0v) is 13.9. The lowest BCUT2D eigenvalue weighted by Gasteiger charge is -2.42. The van der Waals surface area contributed by atoms with Gasteiger partial charge in [0.1, 0.15) is 0 Å². The summed E-state index contributed by atoms with van der Waals surface area (Å²) >= 11 is 5.99. The average Bonchev–Trinajstić information content (AvgIpc) is 3.02. The Morgan fingerprint density at radius 3 is 2.54 bits per heavy atom. The second-order valence-electron chi connectivity index (χ2n) is 6.39. The lowest BCUT2D eigenvalue weighted by atomic mass is 9.64. The predicted molar refractivity (Wildman–Crippen MR) is 91.9 cm³/mol. The number of nitrogens with one attached hydrogen (secondary N) is 1. The average molecular weight is 344 g/mol. The van der Waals surface area contributed by atoms with E-state index in [4.69, 9.17) is 21.1 Å². The van der Waals surface area contributed by atoms with Gasteiger partial charge in [0, 0.05) is 22.5 Å². The van der Waals surface area contributed by atoms with Crippen molar-refractivity contribution in [3.8, 4) is 11.5 Å². The van der Waals surface area contributed by atoms with Crippen molar-refractivity contribution >= 4 is 17.5 Å². The van der Waals surface area contributed by atoms with Gasteiger partial charge < -0.3 is 14.8 Å². The minimum atomic E-state index is -0.0893. The fourth-order valence-corrected chi connectivity index (χ4v) is 3.49. The molecule has 1 saturated carbocycles. The highest BCUT2D eigenvalue weighted by molar-refractivity contribution is 6.30. The first kappa shape index (κ1) is 15.3. The molecule has 1 aliphatic carbocycles. The maximum atomic E-state index is 12.5. The molecule has 0 atom stereocenters. The summed E-state index contributed by atoms with van der Waals surface area (Å²) in [6.07, 6.45) is 3.34. The van der Waals surface area contributed by atoms with E-state index in [1.807, 2.05) is 12.1 Å². The Balaban J connectivity index is 1.47. The van der Waals surface area contributed by atoms with E-state index in [0.717, 1.165) is 17.9 Å². The first-order valence-corrected chi connectivity index (χ1v) is 8.48. The van der Waals surface area contributed by atoms with Crippen molar-refractivity contribution in [1.82, 2.24) is 5.32 Å². The molecular formula is C19H18ClNO3. The topological polar surface area (TPSA) is 47.6 Å². The van der Waals surface area contributed by atoms with Gasteiger partial charge in [-0.15, -0.1) is 0 Å². The molecule has 1 N–H and O–H groups in total. The zero-order valence-electron chi connectivity index (χ0n) is 13.2. The quantitative estimate of drug-likeness (QED) is 0.915. The normalized spacial score (nSPS) is 17.2. The third-order valence-electron chi connectivity index (χ3n) is 4.99. The van der Waals surface area contributed by atoms with Gasteiger partial charge in [0.2, 0.25) is 6.79 Å². The van der Waals surface area contributed by atoms with Crippen LogP contribution < -0.4 is 14.8 Å². The van der Waals surface area contributed by atoms with Crippen LogP contribution in [0, 0.1) is 0 Å². The van der Waals surface area contributed by atoms with E-state index in [-0.39, 0.29) is 18.1 Å². The van der Waals surface area contributed by atoms with E-state index in [0.29, 0.717) is 23.6 Å². The van der Waals surface area contributed by atoms with E-state index in [2.05, 4.69) is 17.4 Å². The van der Waals surface area contributed by atoms with Crippen LogP contribution in [0.25, 0.3) is 0 Å². The molecule has 0 spiro atoms. The largest absolute Gasteiger partial charge is 0.454 e. The van der Waals surface area contributed by atoms with Crippen molar-refractivity contribution in [2.45, 2.75) is 24.7 Å². The summed E-state index contributed by atoms with van der Waals surface area (Å²) < 4.78 is 10.6. The number of rotatable bonds is 4. The van der Waals surface area contributed by atoms with Crippen molar-refractivity contribution in [1.29, 1.82) is 0 Å². The molecule has 0 aromatic heterocycles. The fourth-order valence-electron chi connectivity index (χ4n) is 3.36. The summed E-state index contributed by atoms with van der Waals surface area (Å²) in [7, 11) is 0. The number of ether oxygens (including phenoxy) is 2. The van der Waals surface area contributed by atoms with Gasteiger partial charge >= 0.3 is 0 Å². The highest BCUT2D eigenvalue weighted by Crippen LogP contribution is 2.43. The number of amides is 1. The second-order valence-corrected chi connectivity index (χ2v) is 6.83. The number of fused-ring (bicyclic) bond motifs is 1. The number of benzene rings is 2. The maximum absolute atomic E-state index is 12.5. The van der Waals surface area contributed by atoms with Gasteiger partial charge in [0.15, 0.2) is 11.5 Å². The molecule has 1 amide bonds. The molecule has 4 rings (SSSR count). The molecule has 1 aliphatic heterocycles. The molecule has 4 nitrogen and oxygen atoms in total. The molecule has 2 aromatic rings. The number of carbonyl (C=O) groups is 1. The summed E-state index contributed by atoms with van der Waals surface area (Å²) in [4.78, 5) is 12.5. The fraction of sp³-hybridized carbons (Fsp3) is 0.316. The molecule has 1 heterocycles. The number of hydrogen-bond acceptors (Lipinski definition) is 3. The van der Waals surface area contributed by atoms with Gasteiger partial charge in [-0.3, -0.25) is 4.79 Å². The van der Waals surface area contributed by atoms with Gasteiger partial charge in [-0.25, -0.2) is 0 Å². The maximum Gasteiger partial charge on any atom is 0.251 e. The smallest absolute Gasteiger partial charge is 0.251 e. The van der Waals surface area contributed by atoms with Crippen LogP contribution in [0.5, 0.6) is 11.5 Å². The standard InChI is InChI=1S/C19H18ClNO3/c20-15-5-3-14(4-6-15)19(8-1-9-19)11-21-18(22)13-2-7-16-17(10-13)24-12-23-16/h2-7,10H,1,8-9,11-12H2,(H,21,22). The number of carbonyl (C=O) groups excluding carboxylic acids is 1. The Labute approximate surface area is 145 Å². The summed E-state index contributed by atoms with van der Waals surface area (Å²) in [5.74, 6) is 1.22. The van der Waals surface area contributed by atoms with Crippen LogP contribution in [-0.2, 0) is 5.41 Å². The van der Waals surface area contributed by atoms with Gasteiger partial charge in [0.05, 0.1) is 0 Å². The van der Waals surface area contributed by atoms with Crippen molar-refractivity contribution in [3.05, 3.63) is 58.6 Å². The minimum absolute atomic E-state index is 0.0244. The lowest BCUT2D eigenvalue weighted by Crippen LogP contribution is -2.45. The minimum Gasteiger partial charge on any atom is -0.454 e.